The maximum absolute atomic E-state index is 12.5. The third-order valence-corrected chi connectivity index (χ3v) is 6.84. The van der Waals surface area contributed by atoms with Crippen molar-refractivity contribution in [2.45, 2.75) is 57.9 Å². The average Bonchev–Trinajstić information content (AvgIpc) is 2.56. The van der Waals surface area contributed by atoms with Gasteiger partial charge in [0.1, 0.15) is 5.69 Å². The van der Waals surface area contributed by atoms with Crippen molar-refractivity contribution in [3.63, 3.8) is 0 Å². The summed E-state index contributed by atoms with van der Waals surface area (Å²) in [6.07, 6.45) is 7.62. The number of carbonyl (C=O) groups is 1. The fraction of sp³-hybridized carbons (Fsp3) is 0.650. The number of rotatable bonds is 5. The van der Waals surface area contributed by atoms with Crippen LogP contribution in [0, 0.1) is 41.7 Å². The van der Waals surface area contributed by atoms with Gasteiger partial charge in [-0.2, -0.15) is 0 Å². The molecule has 1 amide bonds. The maximum Gasteiger partial charge on any atom is 0.293 e. The van der Waals surface area contributed by atoms with E-state index < -0.39 is 4.92 Å². The Hall–Kier alpha value is -1.95. The number of amides is 1. The zero-order chi connectivity index (χ0) is 18.5. The molecule has 4 aliphatic rings. The summed E-state index contributed by atoms with van der Waals surface area (Å²) in [7, 11) is 0. The molecule has 5 rings (SSSR count). The minimum absolute atomic E-state index is 0.0451. The Morgan fingerprint density at radius 1 is 1.15 bits per heavy atom. The molecular weight excluding hydrogens is 330 g/mol. The summed E-state index contributed by atoms with van der Waals surface area (Å²) in [5, 5.41) is 17.6. The summed E-state index contributed by atoms with van der Waals surface area (Å²) >= 11 is 0. The lowest BCUT2D eigenvalue weighted by atomic mass is 9.53. The van der Waals surface area contributed by atoms with Gasteiger partial charge >= 0.3 is 0 Å². The van der Waals surface area contributed by atoms with E-state index >= 15 is 0 Å². The predicted molar refractivity (Wildman–Crippen MR) is 100 cm³/mol. The van der Waals surface area contributed by atoms with Crippen LogP contribution in [0.3, 0.4) is 0 Å². The van der Waals surface area contributed by atoms with Crippen molar-refractivity contribution < 1.29 is 9.72 Å². The first-order chi connectivity index (χ1) is 12.3. The van der Waals surface area contributed by atoms with Gasteiger partial charge in [-0.25, -0.2) is 0 Å². The molecule has 1 aromatic carbocycles. The summed E-state index contributed by atoms with van der Waals surface area (Å²) in [5.41, 5.74) is 2.07. The average molecular weight is 357 g/mol. The van der Waals surface area contributed by atoms with Gasteiger partial charge in [0, 0.05) is 11.6 Å². The molecule has 6 heteroatoms. The van der Waals surface area contributed by atoms with E-state index in [1.54, 1.807) is 6.07 Å². The van der Waals surface area contributed by atoms with Gasteiger partial charge in [-0.3, -0.25) is 14.9 Å². The van der Waals surface area contributed by atoms with Crippen LogP contribution < -0.4 is 10.6 Å². The Bertz CT molecular complexity index is 724. The van der Waals surface area contributed by atoms with Crippen molar-refractivity contribution >= 4 is 17.3 Å². The van der Waals surface area contributed by atoms with Crippen LogP contribution in [0.2, 0.25) is 0 Å². The molecule has 0 unspecified atom stereocenters. The van der Waals surface area contributed by atoms with Crippen LogP contribution in [-0.2, 0) is 4.79 Å². The quantitative estimate of drug-likeness (QED) is 0.621. The Morgan fingerprint density at radius 2 is 1.73 bits per heavy atom. The summed E-state index contributed by atoms with van der Waals surface area (Å²) in [6.45, 7) is 3.92. The first-order valence-corrected chi connectivity index (χ1v) is 9.65. The van der Waals surface area contributed by atoms with E-state index in [9.17, 15) is 14.9 Å². The summed E-state index contributed by atoms with van der Waals surface area (Å²) in [5.74, 6) is 2.25. The molecule has 0 aliphatic heterocycles. The van der Waals surface area contributed by atoms with Crippen LogP contribution in [0.4, 0.5) is 11.4 Å². The molecule has 2 N–H and O–H groups in total. The number of nitro groups is 1. The Morgan fingerprint density at radius 3 is 2.27 bits per heavy atom. The molecule has 0 atom stereocenters. The number of nitrogens with zero attached hydrogens (tertiary/aromatic N) is 1. The first-order valence-electron chi connectivity index (χ1n) is 9.65. The smallest absolute Gasteiger partial charge is 0.293 e. The molecule has 4 fully saturated rings. The summed E-state index contributed by atoms with van der Waals surface area (Å²) in [6, 6.07) is 3.18. The monoisotopic (exact) mass is 357 g/mol. The van der Waals surface area contributed by atoms with E-state index in [0.717, 1.165) is 28.9 Å². The molecule has 4 saturated carbocycles. The van der Waals surface area contributed by atoms with Crippen molar-refractivity contribution in [3.8, 4) is 0 Å². The number of benzene rings is 1. The molecule has 6 nitrogen and oxygen atoms in total. The van der Waals surface area contributed by atoms with E-state index in [2.05, 4.69) is 10.6 Å². The molecule has 0 saturated heterocycles. The zero-order valence-corrected chi connectivity index (χ0v) is 15.5. The lowest BCUT2D eigenvalue weighted by Crippen LogP contribution is -2.59. The van der Waals surface area contributed by atoms with Gasteiger partial charge in [0.15, 0.2) is 0 Å². The van der Waals surface area contributed by atoms with Crippen LogP contribution in [-0.4, -0.2) is 22.9 Å². The number of hydrogen-bond donors (Lipinski definition) is 2. The van der Waals surface area contributed by atoms with Crippen molar-refractivity contribution in [2.75, 3.05) is 11.9 Å². The van der Waals surface area contributed by atoms with E-state index in [1.807, 2.05) is 13.8 Å². The van der Waals surface area contributed by atoms with Gasteiger partial charge in [0.25, 0.3) is 5.69 Å². The highest BCUT2D eigenvalue weighted by molar-refractivity contribution is 5.95. The van der Waals surface area contributed by atoms with Gasteiger partial charge in [-0.15, -0.1) is 0 Å². The molecule has 0 aromatic heterocycles. The number of anilines is 1. The van der Waals surface area contributed by atoms with Gasteiger partial charge in [0.2, 0.25) is 5.91 Å². The van der Waals surface area contributed by atoms with Crippen molar-refractivity contribution in [3.05, 3.63) is 33.4 Å². The molecule has 0 radical (unpaired) electrons. The Kier molecular flexibility index (Phi) is 4.26. The fourth-order valence-electron chi connectivity index (χ4n) is 5.89. The lowest BCUT2D eigenvalue weighted by Gasteiger charge is -2.57. The molecule has 0 spiro atoms. The number of hydrogen-bond acceptors (Lipinski definition) is 4. The normalized spacial score (nSPS) is 31.8. The summed E-state index contributed by atoms with van der Waals surface area (Å²) in [4.78, 5) is 23.4. The fourth-order valence-corrected chi connectivity index (χ4v) is 5.89. The number of aryl methyl sites for hydroxylation is 1. The molecule has 0 heterocycles. The highest BCUT2D eigenvalue weighted by Crippen LogP contribution is 2.55. The second kappa shape index (κ2) is 6.34. The number of nitrogens with one attached hydrogen (secondary N) is 2. The Balaban J connectivity index is 1.44. The maximum atomic E-state index is 12.5. The molecule has 1 aromatic rings. The second-order valence-electron chi connectivity index (χ2n) is 8.76. The van der Waals surface area contributed by atoms with Crippen molar-refractivity contribution in [1.29, 1.82) is 0 Å². The van der Waals surface area contributed by atoms with Gasteiger partial charge < -0.3 is 10.6 Å². The second-order valence-corrected chi connectivity index (χ2v) is 8.76. The van der Waals surface area contributed by atoms with Gasteiger partial charge in [-0.1, -0.05) is 6.07 Å². The Labute approximate surface area is 153 Å². The van der Waals surface area contributed by atoms with Crippen LogP contribution in [0.15, 0.2) is 12.1 Å². The topological polar surface area (TPSA) is 84.3 Å². The van der Waals surface area contributed by atoms with Crippen molar-refractivity contribution in [1.82, 2.24) is 5.32 Å². The molecular formula is C20H27N3O3. The molecule has 4 bridgehead atoms. The third-order valence-electron chi connectivity index (χ3n) is 6.84. The predicted octanol–water partition coefficient (Wildman–Crippen LogP) is 3.71. The minimum Gasteiger partial charge on any atom is -0.319 e. The number of carbonyl (C=O) groups excluding carboxylic acids is 1. The molecule has 26 heavy (non-hydrogen) atoms. The van der Waals surface area contributed by atoms with E-state index in [0.29, 0.717) is 5.69 Å². The highest BCUT2D eigenvalue weighted by Gasteiger charge is 2.50. The SMILES string of the molecule is Cc1ccc([N+](=O)[O-])c(NC(=O)CNC23CC4CC(CC(C4)C2)C3)c1C. The standard InChI is InChI=1S/C20H27N3O3/c1-12-3-4-17(23(25)26)19(13(12)2)22-18(24)11-21-20-8-14-5-15(9-20)7-16(6-14)10-20/h3-4,14-16,21H,5-11H2,1-2H3,(H,22,24). The van der Waals surface area contributed by atoms with Crippen LogP contribution in [0.25, 0.3) is 0 Å². The van der Waals surface area contributed by atoms with Crippen LogP contribution in [0.5, 0.6) is 0 Å². The van der Waals surface area contributed by atoms with E-state index in [4.69, 9.17) is 0 Å². The first kappa shape index (κ1) is 17.5. The minimum atomic E-state index is -0.436. The van der Waals surface area contributed by atoms with Crippen LogP contribution in [0.1, 0.15) is 49.7 Å². The van der Waals surface area contributed by atoms with Gasteiger partial charge in [-0.05, 0) is 81.3 Å². The highest BCUT2D eigenvalue weighted by atomic mass is 16.6. The molecule has 4 aliphatic carbocycles. The third kappa shape index (κ3) is 3.11. The number of nitro benzene ring substituents is 1. The van der Waals surface area contributed by atoms with E-state index in [-0.39, 0.29) is 23.7 Å². The van der Waals surface area contributed by atoms with Crippen LogP contribution >= 0.6 is 0 Å². The molecule has 140 valence electrons. The van der Waals surface area contributed by atoms with E-state index in [1.165, 1.54) is 44.6 Å². The largest absolute Gasteiger partial charge is 0.319 e. The van der Waals surface area contributed by atoms with Gasteiger partial charge in [0.05, 0.1) is 11.5 Å². The van der Waals surface area contributed by atoms with Crippen molar-refractivity contribution in [2.24, 2.45) is 17.8 Å². The zero-order valence-electron chi connectivity index (χ0n) is 15.5. The summed E-state index contributed by atoms with van der Waals surface area (Å²) < 4.78 is 0. The lowest BCUT2D eigenvalue weighted by molar-refractivity contribution is -0.384.